The predicted molar refractivity (Wildman–Crippen MR) is 39.2 cm³/mol. The number of aliphatic hydroxyl groups is 1. The van der Waals surface area contributed by atoms with Crippen molar-refractivity contribution in [3.05, 3.63) is 12.2 Å². The molecule has 0 spiro atoms. The molecule has 0 aliphatic carbocycles. The number of halogens is 1. The third-order valence-electron chi connectivity index (χ3n) is 0.615. The highest BCUT2D eigenvalue weighted by atomic mass is 79.9. The van der Waals surface area contributed by atoms with E-state index in [1.165, 1.54) is 0 Å². The molecular formula is C6H11BrO. The van der Waals surface area contributed by atoms with E-state index in [1.54, 1.807) is 19.9 Å². The summed E-state index contributed by atoms with van der Waals surface area (Å²) in [6.07, 6.45) is 3.63. The highest BCUT2D eigenvalue weighted by Crippen LogP contribution is 2.01. The smallest absolute Gasteiger partial charge is 0.0771 e. The van der Waals surface area contributed by atoms with E-state index in [0.29, 0.717) is 0 Å². The highest BCUT2D eigenvalue weighted by Gasteiger charge is 2.03. The summed E-state index contributed by atoms with van der Waals surface area (Å²) in [4.78, 5) is 0. The van der Waals surface area contributed by atoms with Gasteiger partial charge in [-0.1, -0.05) is 28.1 Å². The third-order valence-corrected chi connectivity index (χ3v) is 0.989. The molecule has 0 aliphatic rings. The second-order valence-corrected chi connectivity index (χ2v) is 2.86. The molecule has 0 aliphatic heterocycles. The first-order chi connectivity index (χ1) is 3.56. The van der Waals surface area contributed by atoms with Crippen LogP contribution in [0.25, 0.3) is 0 Å². The quantitative estimate of drug-likeness (QED) is 0.505. The minimum Gasteiger partial charge on any atom is -0.386 e. The Morgan fingerprint density at radius 1 is 1.62 bits per heavy atom. The molecule has 8 heavy (non-hydrogen) atoms. The van der Waals surface area contributed by atoms with Crippen LogP contribution >= 0.6 is 15.9 Å². The van der Waals surface area contributed by atoms with Crippen LogP contribution in [0.3, 0.4) is 0 Å². The summed E-state index contributed by atoms with van der Waals surface area (Å²) < 4.78 is 0. The van der Waals surface area contributed by atoms with Crippen molar-refractivity contribution in [3.8, 4) is 0 Å². The normalized spacial score (nSPS) is 13.0. The van der Waals surface area contributed by atoms with E-state index in [4.69, 9.17) is 5.11 Å². The molecule has 0 rings (SSSR count). The molecule has 0 unspecified atom stereocenters. The summed E-state index contributed by atoms with van der Waals surface area (Å²) in [7, 11) is 0. The summed E-state index contributed by atoms with van der Waals surface area (Å²) in [6, 6.07) is 0. The Bertz CT molecular complexity index is 81.0. The molecule has 1 nitrogen and oxygen atoms in total. The molecule has 2 heteroatoms. The zero-order valence-corrected chi connectivity index (χ0v) is 6.77. The Hall–Kier alpha value is 0.180. The van der Waals surface area contributed by atoms with Gasteiger partial charge < -0.3 is 5.11 Å². The fourth-order valence-electron chi connectivity index (χ4n) is 0.333. The largest absolute Gasteiger partial charge is 0.386 e. The van der Waals surface area contributed by atoms with Crippen LogP contribution in [0.1, 0.15) is 13.8 Å². The van der Waals surface area contributed by atoms with E-state index in [9.17, 15) is 0 Å². The van der Waals surface area contributed by atoms with Gasteiger partial charge in [-0.15, -0.1) is 0 Å². The lowest BCUT2D eigenvalue weighted by molar-refractivity contribution is 0.133. The Kier molecular flexibility index (Phi) is 3.33. The molecule has 0 fully saturated rings. The van der Waals surface area contributed by atoms with Crippen molar-refractivity contribution in [3.63, 3.8) is 0 Å². The molecule has 0 bridgehead atoms. The number of hydrogen-bond donors (Lipinski definition) is 1. The molecule has 0 saturated heterocycles. The lowest BCUT2D eigenvalue weighted by Gasteiger charge is -2.08. The first-order valence-electron chi connectivity index (χ1n) is 2.52. The van der Waals surface area contributed by atoms with Gasteiger partial charge in [-0.3, -0.25) is 0 Å². The summed E-state index contributed by atoms with van der Waals surface area (Å²) in [5, 5.41) is 9.84. The van der Waals surface area contributed by atoms with E-state index in [-0.39, 0.29) is 0 Å². The SMILES string of the molecule is CC(C)(O)C=CCBr. The maximum atomic E-state index is 9.04. The maximum absolute atomic E-state index is 9.04. The van der Waals surface area contributed by atoms with Crippen LogP contribution in [0.15, 0.2) is 12.2 Å². The Morgan fingerprint density at radius 3 is 2.25 bits per heavy atom. The fraction of sp³-hybridized carbons (Fsp3) is 0.667. The molecule has 0 aromatic heterocycles. The van der Waals surface area contributed by atoms with Crippen molar-refractivity contribution in [1.82, 2.24) is 0 Å². The first kappa shape index (κ1) is 8.18. The lowest BCUT2D eigenvalue weighted by Crippen LogP contribution is -2.13. The van der Waals surface area contributed by atoms with Crippen LogP contribution in [0.2, 0.25) is 0 Å². The van der Waals surface area contributed by atoms with Gasteiger partial charge in [0.1, 0.15) is 0 Å². The molecule has 48 valence electrons. The summed E-state index contributed by atoms with van der Waals surface area (Å²) >= 11 is 3.20. The van der Waals surface area contributed by atoms with Crippen LogP contribution in [0, 0.1) is 0 Å². The minimum absolute atomic E-state index is 0.659. The van der Waals surface area contributed by atoms with Gasteiger partial charge in [0.25, 0.3) is 0 Å². The van der Waals surface area contributed by atoms with Crippen molar-refractivity contribution in [2.45, 2.75) is 19.4 Å². The van der Waals surface area contributed by atoms with Gasteiger partial charge in [0.05, 0.1) is 5.60 Å². The third kappa shape index (κ3) is 6.18. The van der Waals surface area contributed by atoms with Crippen molar-refractivity contribution in [2.75, 3.05) is 5.33 Å². The average Bonchev–Trinajstić information content (AvgIpc) is 1.59. The minimum atomic E-state index is -0.659. The fourth-order valence-corrected chi connectivity index (χ4v) is 0.520. The molecule has 0 saturated carbocycles. The van der Waals surface area contributed by atoms with Crippen LogP contribution in [-0.2, 0) is 0 Å². The Labute approximate surface area is 58.5 Å². The molecule has 0 atom stereocenters. The van der Waals surface area contributed by atoms with Crippen molar-refractivity contribution >= 4 is 15.9 Å². The zero-order chi connectivity index (χ0) is 6.62. The number of hydrogen-bond acceptors (Lipinski definition) is 1. The van der Waals surface area contributed by atoms with E-state index < -0.39 is 5.60 Å². The molecule has 1 N–H and O–H groups in total. The zero-order valence-electron chi connectivity index (χ0n) is 5.19. The summed E-state index contributed by atoms with van der Waals surface area (Å²) in [6.45, 7) is 3.48. The molecular weight excluding hydrogens is 168 g/mol. The first-order valence-corrected chi connectivity index (χ1v) is 3.64. The molecule has 0 aromatic rings. The van der Waals surface area contributed by atoms with Gasteiger partial charge >= 0.3 is 0 Å². The Morgan fingerprint density at radius 2 is 2.12 bits per heavy atom. The number of allylic oxidation sites excluding steroid dienone is 1. The van der Waals surface area contributed by atoms with Gasteiger partial charge in [-0.25, -0.2) is 0 Å². The standard InChI is InChI=1S/C6H11BrO/c1-6(2,8)4-3-5-7/h3-4,8H,5H2,1-2H3. The highest BCUT2D eigenvalue weighted by molar-refractivity contribution is 9.09. The molecule has 0 amide bonds. The lowest BCUT2D eigenvalue weighted by atomic mass is 10.1. The second-order valence-electron chi connectivity index (χ2n) is 2.21. The maximum Gasteiger partial charge on any atom is 0.0771 e. The summed E-state index contributed by atoms with van der Waals surface area (Å²) in [5.41, 5.74) is -0.659. The topological polar surface area (TPSA) is 20.2 Å². The van der Waals surface area contributed by atoms with E-state index in [0.717, 1.165) is 5.33 Å². The van der Waals surface area contributed by atoms with Crippen molar-refractivity contribution < 1.29 is 5.11 Å². The van der Waals surface area contributed by atoms with Gasteiger partial charge in [-0.05, 0) is 13.8 Å². The van der Waals surface area contributed by atoms with E-state index in [2.05, 4.69) is 15.9 Å². The van der Waals surface area contributed by atoms with Crippen molar-refractivity contribution in [1.29, 1.82) is 0 Å². The molecule has 0 aromatic carbocycles. The predicted octanol–water partition coefficient (Wildman–Crippen LogP) is 1.71. The van der Waals surface area contributed by atoms with Crippen LogP contribution in [0.4, 0.5) is 0 Å². The average molecular weight is 179 g/mol. The van der Waals surface area contributed by atoms with Crippen LogP contribution < -0.4 is 0 Å². The second kappa shape index (κ2) is 3.25. The van der Waals surface area contributed by atoms with Gasteiger partial charge in [0, 0.05) is 5.33 Å². The van der Waals surface area contributed by atoms with Gasteiger partial charge in [-0.2, -0.15) is 0 Å². The summed E-state index contributed by atoms with van der Waals surface area (Å²) in [5.74, 6) is 0. The Balaban J connectivity index is 3.52. The molecule has 0 heterocycles. The van der Waals surface area contributed by atoms with Crippen LogP contribution in [0.5, 0.6) is 0 Å². The monoisotopic (exact) mass is 178 g/mol. The van der Waals surface area contributed by atoms with E-state index >= 15 is 0 Å². The number of alkyl halides is 1. The van der Waals surface area contributed by atoms with Crippen LogP contribution in [-0.4, -0.2) is 16.0 Å². The van der Waals surface area contributed by atoms with Crippen molar-refractivity contribution in [2.24, 2.45) is 0 Å². The van der Waals surface area contributed by atoms with Gasteiger partial charge in [0.15, 0.2) is 0 Å². The molecule has 0 radical (unpaired) electrons. The number of rotatable bonds is 2. The van der Waals surface area contributed by atoms with E-state index in [1.807, 2.05) is 6.08 Å². The van der Waals surface area contributed by atoms with Gasteiger partial charge in [0.2, 0.25) is 0 Å².